The van der Waals surface area contributed by atoms with Gasteiger partial charge in [-0.3, -0.25) is 14.3 Å². The van der Waals surface area contributed by atoms with Gasteiger partial charge in [0.1, 0.15) is 17.6 Å². The molecule has 4 rings (SSSR count). The Morgan fingerprint density at radius 3 is 2.66 bits per heavy atom. The Hall–Kier alpha value is -2.36. The Balaban J connectivity index is 1.64. The molecule has 0 unspecified atom stereocenters. The number of amides is 1. The van der Waals surface area contributed by atoms with E-state index < -0.39 is 21.8 Å². The molecular weight excluding hydrogens is 522 g/mol. The molecule has 32 heavy (non-hydrogen) atoms. The van der Waals surface area contributed by atoms with E-state index in [4.69, 9.17) is 20.8 Å². The normalized spacial score (nSPS) is 18.2. The summed E-state index contributed by atoms with van der Waals surface area (Å²) in [5, 5.41) is 0.716. The molecule has 1 fully saturated rings. The van der Waals surface area contributed by atoms with Crippen molar-refractivity contribution in [1.29, 1.82) is 0 Å². The first-order valence-electron chi connectivity index (χ1n) is 9.73. The molecule has 0 spiro atoms. The molecule has 1 N–H and O–H groups in total. The van der Waals surface area contributed by atoms with Crippen LogP contribution in [0.25, 0.3) is 22.3 Å². The predicted molar refractivity (Wildman–Crippen MR) is 125 cm³/mol. The fourth-order valence-corrected chi connectivity index (χ4v) is 4.62. The van der Waals surface area contributed by atoms with E-state index in [2.05, 4.69) is 15.9 Å². The van der Waals surface area contributed by atoms with Crippen molar-refractivity contribution in [2.24, 2.45) is 5.92 Å². The summed E-state index contributed by atoms with van der Waals surface area (Å²) in [6, 6.07) is 10.0. The Labute approximate surface area is 197 Å². The van der Waals surface area contributed by atoms with Gasteiger partial charge in [0.05, 0.1) is 22.2 Å². The van der Waals surface area contributed by atoms with Crippen LogP contribution in [0.5, 0.6) is 5.75 Å². The molecule has 1 aliphatic rings. The second kappa shape index (κ2) is 8.53. The molecule has 168 valence electrons. The number of sulfonamides is 1. The maximum Gasteiger partial charge on any atom is 0.236 e. The van der Waals surface area contributed by atoms with Gasteiger partial charge in [0.25, 0.3) is 0 Å². The second-order valence-corrected chi connectivity index (χ2v) is 10.8. The molecule has 10 heteroatoms. The van der Waals surface area contributed by atoms with Crippen molar-refractivity contribution in [3.05, 3.63) is 61.7 Å². The average molecular weight is 541 g/mol. The summed E-state index contributed by atoms with van der Waals surface area (Å²) in [4.78, 5) is 24.7. The summed E-state index contributed by atoms with van der Waals surface area (Å²) in [7, 11) is -3.60. The second-order valence-electron chi connectivity index (χ2n) is 7.84. The summed E-state index contributed by atoms with van der Waals surface area (Å²) >= 11 is 9.73. The van der Waals surface area contributed by atoms with Crippen LogP contribution in [-0.2, 0) is 14.8 Å². The van der Waals surface area contributed by atoms with E-state index in [1.165, 1.54) is 6.07 Å². The monoisotopic (exact) mass is 539 g/mol. The van der Waals surface area contributed by atoms with Gasteiger partial charge in [-0.25, -0.2) is 8.42 Å². The number of hydrogen-bond donors (Lipinski definition) is 1. The van der Waals surface area contributed by atoms with Gasteiger partial charge in [-0.2, -0.15) is 0 Å². The van der Waals surface area contributed by atoms with Crippen molar-refractivity contribution in [3.63, 3.8) is 0 Å². The van der Waals surface area contributed by atoms with Gasteiger partial charge in [-0.05, 0) is 49.6 Å². The predicted octanol–water partition coefficient (Wildman–Crippen LogP) is 4.42. The highest BCUT2D eigenvalue weighted by molar-refractivity contribution is 9.10. The van der Waals surface area contributed by atoms with Gasteiger partial charge in [0.2, 0.25) is 15.9 Å². The van der Waals surface area contributed by atoms with Crippen molar-refractivity contribution < 1.29 is 22.4 Å². The smallest absolute Gasteiger partial charge is 0.236 e. The zero-order valence-corrected chi connectivity index (χ0v) is 20.3. The van der Waals surface area contributed by atoms with Crippen molar-refractivity contribution >= 4 is 54.4 Å². The van der Waals surface area contributed by atoms with Crippen LogP contribution in [0.1, 0.15) is 18.4 Å². The number of fused-ring (bicyclic) bond motifs is 1. The fourth-order valence-electron chi connectivity index (χ4n) is 3.55. The largest absolute Gasteiger partial charge is 0.490 e. The average Bonchev–Trinajstić information content (AvgIpc) is 2.66. The van der Waals surface area contributed by atoms with Crippen molar-refractivity contribution in [2.45, 2.75) is 25.9 Å². The SMILES string of the molecule is Cc1cc(-c2cc(=O)c3cccc(Cl)c3o2)c(OC2CC(C(=O)NS(C)(=O)=O)C2)cc1Br. The van der Waals surface area contributed by atoms with Crippen LogP contribution >= 0.6 is 27.5 Å². The first kappa shape index (κ1) is 22.8. The third kappa shape index (κ3) is 4.69. The highest BCUT2D eigenvalue weighted by atomic mass is 79.9. The zero-order valence-electron chi connectivity index (χ0n) is 17.1. The summed E-state index contributed by atoms with van der Waals surface area (Å²) in [5.74, 6) is -0.187. The molecule has 1 amide bonds. The van der Waals surface area contributed by atoms with E-state index in [9.17, 15) is 18.0 Å². The van der Waals surface area contributed by atoms with Gasteiger partial charge in [-0.1, -0.05) is 33.6 Å². The third-order valence-corrected chi connectivity index (χ3v) is 7.00. The number of carbonyl (C=O) groups is 1. The van der Waals surface area contributed by atoms with Crippen LogP contribution in [0, 0.1) is 12.8 Å². The molecule has 0 atom stereocenters. The molecule has 2 aromatic carbocycles. The lowest BCUT2D eigenvalue weighted by atomic mass is 9.82. The minimum Gasteiger partial charge on any atom is -0.490 e. The minimum atomic E-state index is -3.60. The van der Waals surface area contributed by atoms with E-state index >= 15 is 0 Å². The molecule has 0 aliphatic heterocycles. The molecule has 0 bridgehead atoms. The summed E-state index contributed by atoms with van der Waals surface area (Å²) in [5.41, 5.74) is 1.56. The number of para-hydroxylation sites is 1. The van der Waals surface area contributed by atoms with Crippen LogP contribution in [0.3, 0.4) is 0 Å². The van der Waals surface area contributed by atoms with E-state index in [-0.39, 0.29) is 11.5 Å². The van der Waals surface area contributed by atoms with Gasteiger partial charge in [-0.15, -0.1) is 0 Å². The summed E-state index contributed by atoms with van der Waals surface area (Å²) in [6.07, 6.45) is 1.41. The lowest BCUT2D eigenvalue weighted by Gasteiger charge is -2.34. The number of nitrogens with one attached hydrogen (secondary N) is 1. The first-order valence-corrected chi connectivity index (χ1v) is 12.8. The minimum absolute atomic E-state index is 0.226. The Morgan fingerprint density at radius 2 is 1.97 bits per heavy atom. The summed E-state index contributed by atoms with van der Waals surface area (Å²) < 4.78 is 37.4. The number of benzene rings is 2. The maximum atomic E-state index is 12.6. The fraction of sp³-hybridized carbons (Fsp3) is 0.273. The molecule has 1 heterocycles. The van der Waals surface area contributed by atoms with Crippen LogP contribution in [0.15, 0.2) is 50.1 Å². The Morgan fingerprint density at radius 1 is 1.25 bits per heavy atom. The highest BCUT2D eigenvalue weighted by Crippen LogP contribution is 2.40. The number of halogens is 2. The lowest BCUT2D eigenvalue weighted by Crippen LogP contribution is -2.45. The zero-order chi connectivity index (χ0) is 23.2. The van der Waals surface area contributed by atoms with Gasteiger partial charge >= 0.3 is 0 Å². The number of hydrogen-bond acceptors (Lipinski definition) is 6. The molecule has 1 aromatic heterocycles. The Bertz CT molecular complexity index is 1400. The van der Waals surface area contributed by atoms with E-state index in [1.54, 1.807) is 24.3 Å². The van der Waals surface area contributed by atoms with Crippen LogP contribution < -0.4 is 14.9 Å². The maximum absolute atomic E-state index is 12.6. The molecule has 3 aromatic rings. The Kier molecular flexibility index (Phi) is 6.08. The summed E-state index contributed by atoms with van der Waals surface area (Å²) in [6.45, 7) is 1.90. The van der Waals surface area contributed by atoms with Crippen molar-refractivity contribution in [1.82, 2.24) is 4.72 Å². The number of rotatable bonds is 5. The lowest BCUT2D eigenvalue weighted by molar-refractivity contribution is -0.128. The van der Waals surface area contributed by atoms with Crippen LogP contribution in [0.2, 0.25) is 5.02 Å². The molecule has 0 saturated heterocycles. The number of aryl methyl sites for hydroxylation is 1. The van der Waals surface area contributed by atoms with E-state index in [0.29, 0.717) is 45.9 Å². The third-order valence-electron chi connectivity index (χ3n) is 5.28. The molecule has 0 radical (unpaired) electrons. The van der Waals surface area contributed by atoms with Crippen molar-refractivity contribution in [2.75, 3.05) is 6.26 Å². The van der Waals surface area contributed by atoms with Crippen molar-refractivity contribution in [3.8, 4) is 17.1 Å². The topological polar surface area (TPSA) is 103 Å². The molecule has 7 nitrogen and oxygen atoms in total. The number of ether oxygens (including phenoxy) is 1. The van der Waals surface area contributed by atoms with E-state index in [1.807, 2.05) is 17.7 Å². The highest BCUT2D eigenvalue weighted by Gasteiger charge is 2.37. The quantitative estimate of drug-likeness (QED) is 0.514. The number of carbonyl (C=O) groups excluding carboxylic acids is 1. The molecule has 1 aliphatic carbocycles. The van der Waals surface area contributed by atoms with E-state index in [0.717, 1.165) is 16.3 Å². The standard InChI is InChI=1S/C22H19BrClNO6S/c1-11-6-15(20-10-18(26)14-4-3-5-17(24)21(14)31-20)19(9-16(11)23)30-13-7-12(8-13)22(27)25-32(2,28)29/h3-6,9-10,12-13H,7-8H2,1-2H3,(H,25,27). The van der Waals surface area contributed by atoms with Crippen LogP contribution in [0.4, 0.5) is 0 Å². The van der Waals surface area contributed by atoms with Gasteiger partial charge in [0.15, 0.2) is 11.0 Å². The molecule has 1 saturated carbocycles. The first-order chi connectivity index (χ1) is 15.0. The molecular formula is C22H19BrClNO6S. The van der Waals surface area contributed by atoms with Gasteiger partial charge in [0, 0.05) is 16.5 Å². The van der Waals surface area contributed by atoms with Gasteiger partial charge < -0.3 is 9.15 Å². The van der Waals surface area contributed by atoms with Crippen LogP contribution in [-0.4, -0.2) is 26.7 Å².